The molecular formula is C15H28OSi2. The van der Waals surface area contributed by atoms with Gasteiger partial charge in [0.2, 0.25) is 0 Å². The van der Waals surface area contributed by atoms with Gasteiger partial charge in [0.25, 0.3) is 0 Å². The summed E-state index contributed by atoms with van der Waals surface area (Å²) >= 11 is 0. The largest absolute Gasteiger partial charge is 0.401 e. The maximum atomic E-state index is 6.22. The highest BCUT2D eigenvalue weighted by molar-refractivity contribution is 6.83. The minimum atomic E-state index is -1.60. The summed E-state index contributed by atoms with van der Waals surface area (Å²) in [6.07, 6.45) is 1.58. The molecule has 0 aliphatic rings. The fourth-order valence-corrected chi connectivity index (χ4v) is 3.63. The Morgan fingerprint density at radius 3 is 1.94 bits per heavy atom. The normalized spacial score (nSPS) is 14.9. The molecule has 0 aromatic carbocycles. The molecule has 0 aliphatic heterocycles. The van der Waals surface area contributed by atoms with Gasteiger partial charge in [0.05, 0.1) is 0 Å². The molecule has 0 aliphatic carbocycles. The molecule has 0 saturated carbocycles. The molecule has 0 aromatic rings. The molecule has 0 amide bonds. The van der Waals surface area contributed by atoms with E-state index in [1.54, 1.807) is 0 Å². The SMILES string of the molecule is CCC#CC(C)(CC#C[Si](C)(C)C)O[Si](C)(C)C. The van der Waals surface area contributed by atoms with Crippen molar-refractivity contribution in [2.75, 3.05) is 0 Å². The van der Waals surface area contributed by atoms with Crippen molar-refractivity contribution in [1.82, 2.24) is 0 Å². The molecule has 102 valence electrons. The van der Waals surface area contributed by atoms with Crippen molar-refractivity contribution in [2.24, 2.45) is 0 Å². The van der Waals surface area contributed by atoms with Gasteiger partial charge >= 0.3 is 0 Å². The average molecular weight is 281 g/mol. The van der Waals surface area contributed by atoms with E-state index in [0.717, 1.165) is 6.42 Å². The topological polar surface area (TPSA) is 9.23 Å². The first-order valence-electron chi connectivity index (χ1n) is 6.68. The van der Waals surface area contributed by atoms with Crippen molar-refractivity contribution in [1.29, 1.82) is 0 Å². The third-order valence-electron chi connectivity index (χ3n) is 1.95. The number of hydrogen-bond donors (Lipinski definition) is 0. The Morgan fingerprint density at radius 1 is 1.00 bits per heavy atom. The fourth-order valence-electron chi connectivity index (χ4n) is 1.53. The minimum Gasteiger partial charge on any atom is -0.401 e. The summed E-state index contributed by atoms with van der Waals surface area (Å²) in [6, 6.07) is 0. The third kappa shape index (κ3) is 9.53. The summed E-state index contributed by atoms with van der Waals surface area (Å²) in [4.78, 5) is 0. The van der Waals surface area contributed by atoms with Crippen LogP contribution in [0.4, 0.5) is 0 Å². The van der Waals surface area contributed by atoms with Gasteiger partial charge in [0.1, 0.15) is 13.7 Å². The standard InChI is InChI=1S/C15H28OSi2/c1-9-10-12-15(2,16-18(6,7)8)13-11-14-17(3,4)5/h9,13H2,1-8H3. The zero-order chi connectivity index (χ0) is 14.4. The van der Waals surface area contributed by atoms with Crippen molar-refractivity contribution in [2.45, 2.75) is 71.6 Å². The second-order valence-corrected chi connectivity index (χ2v) is 16.0. The third-order valence-corrected chi connectivity index (χ3v) is 3.94. The molecule has 1 unspecified atom stereocenters. The van der Waals surface area contributed by atoms with Gasteiger partial charge < -0.3 is 4.43 Å². The highest BCUT2D eigenvalue weighted by Gasteiger charge is 2.29. The molecule has 0 N–H and O–H groups in total. The van der Waals surface area contributed by atoms with E-state index < -0.39 is 22.0 Å². The lowest BCUT2D eigenvalue weighted by Gasteiger charge is -2.30. The van der Waals surface area contributed by atoms with Gasteiger partial charge in [-0.2, -0.15) is 0 Å². The van der Waals surface area contributed by atoms with Crippen LogP contribution in [0.1, 0.15) is 26.7 Å². The van der Waals surface area contributed by atoms with Crippen molar-refractivity contribution in [3.63, 3.8) is 0 Å². The molecule has 1 nitrogen and oxygen atoms in total. The van der Waals surface area contributed by atoms with Gasteiger partial charge in [-0.1, -0.05) is 32.5 Å². The van der Waals surface area contributed by atoms with E-state index in [0.29, 0.717) is 6.42 Å². The fraction of sp³-hybridized carbons (Fsp3) is 0.733. The van der Waals surface area contributed by atoms with E-state index in [2.05, 4.69) is 76.4 Å². The zero-order valence-corrected chi connectivity index (χ0v) is 15.3. The molecule has 0 spiro atoms. The Labute approximate surface area is 116 Å². The van der Waals surface area contributed by atoms with Crippen LogP contribution in [-0.4, -0.2) is 22.0 Å². The second kappa shape index (κ2) is 6.61. The van der Waals surface area contributed by atoms with Crippen LogP contribution >= 0.6 is 0 Å². The van der Waals surface area contributed by atoms with Gasteiger partial charge in [-0.3, -0.25) is 0 Å². The molecule has 0 bridgehead atoms. The lowest BCUT2D eigenvalue weighted by molar-refractivity contribution is 0.148. The zero-order valence-electron chi connectivity index (χ0n) is 13.3. The molecule has 18 heavy (non-hydrogen) atoms. The molecule has 1 atom stereocenters. The smallest absolute Gasteiger partial charge is 0.185 e. The van der Waals surface area contributed by atoms with Gasteiger partial charge in [0.15, 0.2) is 8.32 Å². The Kier molecular flexibility index (Phi) is 6.44. The predicted molar refractivity (Wildman–Crippen MR) is 86.6 cm³/mol. The highest BCUT2D eigenvalue weighted by atomic mass is 28.4. The summed E-state index contributed by atoms with van der Waals surface area (Å²) in [6.45, 7) is 17.5. The quantitative estimate of drug-likeness (QED) is 0.554. The van der Waals surface area contributed by atoms with Crippen LogP contribution in [0, 0.1) is 23.3 Å². The Hall–Kier alpha value is -0.486. The maximum Gasteiger partial charge on any atom is 0.185 e. The molecule has 0 fully saturated rings. The van der Waals surface area contributed by atoms with Crippen LogP contribution in [0.25, 0.3) is 0 Å². The molecule has 0 aromatic heterocycles. The lowest BCUT2D eigenvalue weighted by atomic mass is 10.0. The number of hydrogen-bond acceptors (Lipinski definition) is 1. The van der Waals surface area contributed by atoms with Crippen LogP contribution in [0.3, 0.4) is 0 Å². The molecule has 0 radical (unpaired) electrons. The van der Waals surface area contributed by atoms with Crippen LogP contribution in [0.15, 0.2) is 0 Å². The molecule has 3 heteroatoms. The van der Waals surface area contributed by atoms with Gasteiger partial charge in [-0.05, 0) is 26.6 Å². The van der Waals surface area contributed by atoms with E-state index in [-0.39, 0.29) is 0 Å². The van der Waals surface area contributed by atoms with E-state index >= 15 is 0 Å². The summed E-state index contributed by atoms with van der Waals surface area (Å²) < 4.78 is 6.22. The van der Waals surface area contributed by atoms with E-state index in [1.807, 2.05) is 0 Å². The summed E-state index contributed by atoms with van der Waals surface area (Å²) in [7, 11) is -2.90. The first kappa shape index (κ1) is 17.5. The van der Waals surface area contributed by atoms with Crippen LogP contribution in [0.5, 0.6) is 0 Å². The Balaban J connectivity index is 4.94. The first-order chi connectivity index (χ1) is 7.97. The van der Waals surface area contributed by atoms with Gasteiger partial charge in [-0.25, -0.2) is 0 Å². The van der Waals surface area contributed by atoms with Gasteiger partial charge in [0, 0.05) is 12.8 Å². The Morgan fingerprint density at radius 2 is 1.56 bits per heavy atom. The van der Waals surface area contributed by atoms with E-state index in [9.17, 15) is 0 Å². The van der Waals surface area contributed by atoms with Crippen molar-refractivity contribution in [3.05, 3.63) is 0 Å². The maximum absolute atomic E-state index is 6.22. The summed E-state index contributed by atoms with van der Waals surface area (Å²) in [5, 5.41) is 0. The van der Waals surface area contributed by atoms with Crippen LogP contribution < -0.4 is 0 Å². The van der Waals surface area contributed by atoms with E-state index in [1.165, 1.54) is 0 Å². The molecular weight excluding hydrogens is 252 g/mol. The second-order valence-electron chi connectivity index (χ2n) is 6.83. The summed E-state index contributed by atoms with van der Waals surface area (Å²) in [5.41, 5.74) is 3.00. The lowest BCUT2D eigenvalue weighted by Crippen LogP contribution is -2.39. The minimum absolute atomic E-state index is 0.396. The highest BCUT2D eigenvalue weighted by Crippen LogP contribution is 2.20. The van der Waals surface area contributed by atoms with Crippen molar-refractivity contribution < 1.29 is 4.43 Å². The van der Waals surface area contributed by atoms with Crippen LogP contribution in [-0.2, 0) is 4.43 Å². The monoisotopic (exact) mass is 280 g/mol. The molecule has 0 heterocycles. The predicted octanol–water partition coefficient (Wildman–Crippen LogP) is 4.28. The van der Waals surface area contributed by atoms with Crippen molar-refractivity contribution >= 4 is 16.4 Å². The molecule has 0 rings (SSSR count). The number of rotatable bonds is 3. The summed E-state index contributed by atoms with van der Waals surface area (Å²) in [5.74, 6) is 9.72. The van der Waals surface area contributed by atoms with Crippen molar-refractivity contribution in [3.8, 4) is 23.3 Å². The van der Waals surface area contributed by atoms with Crippen LogP contribution in [0.2, 0.25) is 39.3 Å². The Bertz CT molecular complexity index is 379. The van der Waals surface area contributed by atoms with E-state index in [4.69, 9.17) is 4.43 Å². The van der Waals surface area contributed by atoms with Gasteiger partial charge in [-0.15, -0.1) is 17.4 Å². The average Bonchev–Trinajstić information content (AvgIpc) is 2.09. The first-order valence-corrected chi connectivity index (χ1v) is 13.6. The molecule has 0 saturated heterocycles.